The zero-order valence-electron chi connectivity index (χ0n) is 11.3. The Labute approximate surface area is 127 Å². The first-order chi connectivity index (χ1) is 10.1. The molecule has 0 radical (unpaired) electrons. The van der Waals surface area contributed by atoms with Crippen LogP contribution in [0.2, 0.25) is 5.02 Å². The molecule has 108 valence electrons. The van der Waals surface area contributed by atoms with Crippen LogP contribution in [0.5, 0.6) is 0 Å². The van der Waals surface area contributed by atoms with Crippen LogP contribution in [0.15, 0.2) is 52.9 Å². The first kappa shape index (κ1) is 13.9. The van der Waals surface area contributed by atoms with Gasteiger partial charge in [0, 0.05) is 17.4 Å². The molecule has 2 atom stereocenters. The lowest BCUT2D eigenvalue weighted by Crippen LogP contribution is -2.25. The molecule has 21 heavy (non-hydrogen) atoms. The average molecular weight is 303 g/mol. The topological polar surface area (TPSA) is 69.1 Å². The number of primary amides is 1. The fourth-order valence-corrected chi connectivity index (χ4v) is 3.05. The molecule has 0 saturated carbocycles. The van der Waals surface area contributed by atoms with E-state index in [4.69, 9.17) is 21.8 Å². The maximum Gasteiger partial charge on any atom is 0.221 e. The van der Waals surface area contributed by atoms with Gasteiger partial charge >= 0.3 is 0 Å². The number of oxazole rings is 1. The van der Waals surface area contributed by atoms with Gasteiger partial charge in [0.1, 0.15) is 5.76 Å². The molecule has 0 spiro atoms. The van der Waals surface area contributed by atoms with E-state index in [1.54, 1.807) is 6.20 Å². The summed E-state index contributed by atoms with van der Waals surface area (Å²) in [5, 5.41) is 0.660. The summed E-state index contributed by atoms with van der Waals surface area (Å²) in [6, 6.07) is 7.56. The summed E-state index contributed by atoms with van der Waals surface area (Å²) in [4.78, 5) is 15.6. The van der Waals surface area contributed by atoms with Crippen molar-refractivity contribution in [2.24, 2.45) is 11.7 Å². The molecule has 1 aliphatic carbocycles. The summed E-state index contributed by atoms with van der Waals surface area (Å²) in [5.74, 6) is 0.237. The van der Waals surface area contributed by atoms with Crippen molar-refractivity contribution in [1.82, 2.24) is 4.98 Å². The number of halogens is 1. The summed E-state index contributed by atoms with van der Waals surface area (Å²) in [7, 11) is 0. The van der Waals surface area contributed by atoms with Crippen LogP contribution in [-0.2, 0) is 11.2 Å². The highest BCUT2D eigenvalue weighted by molar-refractivity contribution is 6.30. The molecule has 0 bridgehead atoms. The lowest BCUT2D eigenvalue weighted by atomic mass is 9.88. The number of carbonyl (C=O) groups excluding carboxylic acids is 1. The molecule has 4 nitrogen and oxygen atoms in total. The number of rotatable bonds is 4. The highest BCUT2D eigenvalue weighted by Gasteiger charge is 2.33. The van der Waals surface area contributed by atoms with E-state index >= 15 is 0 Å². The number of allylic oxidation sites excluding steroid dienone is 2. The van der Waals surface area contributed by atoms with Gasteiger partial charge in [-0.25, -0.2) is 4.98 Å². The van der Waals surface area contributed by atoms with Gasteiger partial charge < -0.3 is 10.2 Å². The summed E-state index contributed by atoms with van der Waals surface area (Å²) in [6.07, 6.45) is 6.50. The van der Waals surface area contributed by atoms with Crippen molar-refractivity contribution in [3.8, 4) is 0 Å². The quantitative estimate of drug-likeness (QED) is 0.882. The Bertz CT molecular complexity index is 679. The summed E-state index contributed by atoms with van der Waals surface area (Å²) >= 11 is 6.04. The number of hydrogen-bond acceptors (Lipinski definition) is 3. The smallest absolute Gasteiger partial charge is 0.221 e. The van der Waals surface area contributed by atoms with Gasteiger partial charge in [-0.3, -0.25) is 4.79 Å². The second-order valence-corrected chi connectivity index (χ2v) is 5.70. The van der Waals surface area contributed by atoms with Crippen molar-refractivity contribution in [2.45, 2.75) is 18.8 Å². The van der Waals surface area contributed by atoms with Gasteiger partial charge in [0.25, 0.3) is 0 Å². The van der Waals surface area contributed by atoms with E-state index < -0.39 is 0 Å². The van der Waals surface area contributed by atoms with Crippen molar-refractivity contribution in [2.75, 3.05) is 0 Å². The molecular formula is C16H15ClN2O2. The molecule has 1 amide bonds. The Morgan fingerprint density at radius 2 is 2.33 bits per heavy atom. The Morgan fingerprint density at radius 1 is 1.48 bits per heavy atom. The second-order valence-electron chi connectivity index (χ2n) is 5.26. The van der Waals surface area contributed by atoms with E-state index in [0.717, 1.165) is 16.9 Å². The van der Waals surface area contributed by atoms with Gasteiger partial charge in [-0.2, -0.15) is 0 Å². The molecule has 2 N–H and O–H groups in total. The summed E-state index contributed by atoms with van der Waals surface area (Å²) in [5.41, 5.74) is 7.71. The Balaban J connectivity index is 1.88. The van der Waals surface area contributed by atoms with Gasteiger partial charge in [-0.15, -0.1) is 0 Å². The Morgan fingerprint density at radius 3 is 3.00 bits per heavy atom. The highest BCUT2D eigenvalue weighted by atomic mass is 35.5. The van der Waals surface area contributed by atoms with Gasteiger partial charge in [0.05, 0.1) is 12.1 Å². The van der Waals surface area contributed by atoms with E-state index in [9.17, 15) is 4.79 Å². The largest absolute Gasteiger partial charge is 0.448 e. The third-order valence-corrected chi connectivity index (χ3v) is 4.05. The average Bonchev–Trinajstić information content (AvgIpc) is 3.08. The molecule has 1 aromatic carbocycles. The number of benzene rings is 1. The van der Waals surface area contributed by atoms with Crippen LogP contribution in [0.3, 0.4) is 0 Å². The Hall–Kier alpha value is -2.07. The lowest BCUT2D eigenvalue weighted by molar-refractivity contribution is -0.121. The van der Waals surface area contributed by atoms with Crippen LogP contribution >= 0.6 is 11.6 Å². The zero-order chi connectivity index (χ0) is 14.8. The van der Waals surface area contributed by atoms with Crippen molar-refractivity contribution in [1.29, 1.82) is 0 Å². The maximum atomic E-state index is 11.7. The van der Waals surface area contributed by atoms with Crippen LogP contribution < -0.4 is 5.73 Å². The van der Waals surface area contributed by atoms with E-state index in [1.807, 2.05) is 24.3 Å². The third kappa shape index (κ3) is 3.00. The third-order valence-electron chi connectivity index (χ3n) is 3.81. The van der Waals surface area contributed by atoms with Crippen LogP contribution in [0.4, 0.5) is 0 Å². The summed E-state index contributed by atoms with van der Waals surface area (Å²) < 4.78 is 5.26. The number of carbonyl (C=O) groups is 1. The minimum atomic E-state index is -0.288. The molecule has 5 heteroatoms. The predicted octanol–water partition coefficient (Wildman–Crippen LogP) is 3.09. The molecule has 1 aromatic heterocycles. The van der Waals surface area contributed by atoms with Crippen LogP contribution in [0.25, 0.3) is 0 Å². The first-order valence-electron chi connectivity index (χ1n) is 6.75. The van der Waals surface area contributed by atoms with Gasteiger partial charge in [-0.05, 0) is 24.1 Å². The van der Waals surface area contributed by atoms with Crippen molar-refractivity contribution < 1.29 is 9.21 Å². The lowest BCUT2D eigenvalue weighted by Gasteiger charge is -2.16. The molecule has 0 unspecified atom stereocenters. The minimum Gasteiger partial charge on any atom is -0.448 e. The van der Waals surface area contributed by atoms with Gasteiger partial charge in [0.15, 0.2) is 6.39 Å². The first-order valence-corrected chi connectivity index (χ1v) is 7.13. The van der Waals surface area contributed by atoms with E-state index in [1.165, 1.54) is 6.39 Å². The summed E-state index contributed by atoms with van der Waals surface area (Å²) in [6.45, 7) is 0. The predicted molar refractivity (Wildman–Crippen MR) is 79.8 cm³/mol. The highest BCUT2D eigenvalue weighted by Crippen LogP contribution is 2.39. The van der Waals surface area contributed by atoms with Crippen molar-refractivity contribution in [3.05, 3.63) is 64.9 Å². The number of hydrogen-bond donors (Lipinski definition) is 1. The van der Waals surface area contributed by atoms with Crippen molar-refractivity contribution >= 4 is 17.5 Å². The number of nitrogens with two attached hydrogens (primary N) is 1. The van der Waals surface area contributed by atoms with Crippen LogP contribution in [-0.4, -0.2) is 10.9 Å². The normalized spacial score (nSPS) is 21.3. The van der Waals surface area contributed by atoms with Crippen molar-refractivity contribution in [3.63, 3.8) is 0 Å². The van der Waals surface area contributed by atoms with E-state index in [0.29, 0.717) is 17.9 Å². The second kappa shape index (κ2) is 5.74. The van der Waals surface area contributed by atoms with Crippen LogP contribution in [0, 0.1) is 5.92 Å². The number of amides is 1. The SMILES string of the molecule is NC(=O)[C@H]1CC(Cc2cnco2)=C[C@H]1c1cccc(Cl)c1. The van der Waals surface area contributed by atoms with E-state index in [-0.39, 0.29) is 17.7 Å². The molecule has 3 rings (SSSR count). The molecule has 0 aliphatic heterocycles. The molecular weight excluding hydrogens is 288 g/mol. The molecule has 1 aliphatic rings. The van der Waals surface area contributed by atoms with Gasteiger partial charge in [0.2, 0.25) is 5.91 Å². The number of nitrogens with zero attached hydrogens (tertiary/aromatic N) is 1. The molecule has 2 aromatic rings. The fraction of sp³-hybridized carbons (Fsp3) is 0.250. The molecule has 0 saturated heterocycles. The maximum absolute atomic E-state index is 11.7. The van der Waals surface area contributed by atoms with Gasteiger partial charge in [-0.1, -0.05) is 35.4 Å². The molecule has 0 fully saturated rings. The molecule has 1 heterocycles. The fourth-order valence-electron chi connectivity index (χ4n) is 2.85. The minimum absolute atomic E-state index is 0.0286. The van der Waals surface area contributed by atoms with Crippen LogP contribution in [0.1, 0.15) is 23.7 Å². The number of aromatic nitrogens is 1. The Kier molecular flexibility index (Phi) is 3.80. The van der Waals surface area contributed by atoms with E-state index in [2.05, 4.69) is 11.1 Å². The monoisotopic (exact) mass is 302 g/mol. The standard InChI is InChI=1S/C16H15ClN2O2/c17-12-3-1-2-11(7-12)14-5-10(6-15(14)16(18)20)4-13-8-19-9-21-13/h1-3,5,7-9,14-15H,4,6H2,(H2,18,20)/t14-,15-/m0/s1. The zero-order valence-corrected chi connectivity index (χ0v) is 12.1.